The minimum atomic E-state index is -1.13. The fourth-order valence-corrected chi connectivity index (χ4v) is 1.97. The molecule has 0 aliphatic rings. The first-order valence-corrected chi connectivity index (χ1v) is 5.97. The number of rotatable bonds is 4. The molecule has 4 heteroatoms. The Hall–Kier alpha value is -1.94. The Kier molecular flexibility index (Phi) is 3.81. The van der Waals surface area contributed by atoms with Crippen molar-refractivity contribution < 1.29 is 14.2 Å². The highest BCUT2D eigenvalue weighted by atomic mass is 19.1. The lowest BCUT2D eigenvalue weighted by Gasteiger charge is -2.24. The number of pyridine rings is 1. The van der Waals surface area contributed by atoms with Crippen LogP contribution in [-0.4, -0.2) is 17.2 Å². The van der Waals surface area contributed by atoms with Crippen molar-refractivity contribution in [2.24, 2.45) is 0 Å². The molecule has 0 bridgehead atoms. The topological polar surface area (TPSA) is 42.4 Å². The lowest BCUT2D eigenvalue weighted by Crippen LogP contribution is -2.24. The standard InChI is InChI=1S/C15H16FNO2/c1-15(18,8-11-4-3-5-13(16)6-11)12-7-14(19-2)10-17-9-12/h3-7,9-10,18H,8H2,1-2H3. The fraction of sp³-hybridized carbons (Fsp3) is 0.267. The number of methoxy groups -OCH3 is 1. The number of aromatic nitrogens is 1. The van der Waals surface area contributed by atoms with E-state index in [4.69, 9.17) is 4.74 Å². The van der Waals surface area contributed by atoms with E-state index in [1.54, 1.807) is 44.6 Å². The summed E-state index contributed by atoms with van der Waals surface area (Å²) in [6.45, 7) is 1.67. The van der Waals surface area contributed by atoms with E-state index in [1.165, 1.54) is 12.1 Å². The van der Waals surface area contributed by atoms with E-state index >= 15 is 0 Å². The van der Waals surface area contributed by atoms with Crippen molar-refractivity contribution in [1.82, 2.24) is 4.98 Å². The molecule has 3 nitrogen and oxygen atoms in total. The molecular weight excluding hydrogens is 245 g/mol. The van der Waals surface area contributed by atoms with Crippen LogP contribution in [0.4, 0.5) is 4.39 Å². The van der Waals surface area contributed by atoms with Gasteiger partial charge in [0.2, 0.25) is 0 Å². The first kappa shape index (κ1) is 13.5. The number of aliphatic hydroxyl groups is 1. The molecule has 0 amide bonds. The van der Waals surface area contributed by atoms with Crippen molar-refractivity contribution in [1.29, 1.82) is 0 Å². The van der Waals surface area contributed by atoms with Gasteiger partial charge in [-0.05, 0) is 30.7 Å². The average molecular weight is 261 g/mol. The number of halogens is 1. The van der Waals surface area contributed by atoms with Gasteiger partial charge in [-0.15, -0.1) is 0 Å². The van der Waals surface area contributed by atoms with Gasteiger partial charge in [0.1, 0.15) is 11.6 Å². The van der Waals surface area contributed by atoms with Gasteiger partial charge in [-0.3, -0.25) is 4.98 Å². The van der Waals surface area contributed by atoms with E-state index in [0.29, 0.717) is 17.7 Å². The highest BCUT2D eigenvalue weighted by Gasteiger charge is 2.24. The Bertz CT molecular complexity index is 570. The summed E-state index contributed by atoms with van der Waals surface area (Å²) in [4.78, 5) is 4.02. The second kappa shape index (κ2) is 5.36. The third-order valence-corrected chi connectivity index (χ3v) is 3.01. The van der Waals surface area contributed by atoms with Crippen LogP contribution in [0.5, 0.6) is 5.75 Å². The van der Waals surface area contributed by atoms with Crippen molar-refractivity contribution in [2.75, 3.05) is 7.11 Å². The maximum Gasteiger partial charge on any atom is 0.137 e. The van der Waals surface area contributed by atoms with E-state index in [9.17, 15) is 9.50 Å². The Morgan fingerprint density at radius 3 is 2.79 bits per heavy atom. The van der Waals surface area contributed by atoms with Crippen LogP contribution in [0.3, 0.4) is 0 Å². The summed E-state index contributed by atoms with van der Waals surface area (Å²) >= 11 is 0. The van der Waals surface area contributed by atoms with Crippen LogP contribution in [0.25, 0.3) is 0 Å². The van der Waals surface area contributed by atoms with Crippen molar-refractivity contribution in [2.45, 2.75) is 18.9 Å². The molecule has 1 N–H and O–H groups in total. The van der Waals surface area contributed by atoms with Gasteiger partial charge in [0.15, 0.2) is 0 Å². The summed E-state index contributed by atoms with van der Waals surface area (Å²) in [6, 6.07) is 7.94. The quantitative estimate of drug-likeness (QED) is 0.920. The number of benzene rings is 1. The van der Waals surface area contributed by atoms with Gasteiger partial charge in [0, 0.05) is 18.2 Å². The molecule has 0 spiro atoms. The van der Waals surface area contributed by atoms with Gasteiger partial charge >= 0.3 is 0 Å². The van der Waals surface area contributed by atoms with Gasteiger partial charge in [-0.2, -0.15) is 0 Å². The molecule has 1 atom stereocenters. The minimum absolute atomic E-state index is 0.305. The predicted molar refractivity (Wildman–Crippen MR) is 70.5 cm³/mol. The Balaban J connectivity index is 2.26. The minimum Gasteiger partial charge on any atom is -0.495 e. The zero-order valence-electron chi connectivity index (χ0n) is 10.9. The number of hydrogen-bond donors (Lipinski definition) is 1. The molecular formula is C15H16FNO2. The monoisotopic (exact) mass is 261 g/mol. The molecule has 2 rings (SSSR count). The predicted octanol–water partition coefficient (Wildman–Crippen LogP) is 2.68. The third kappa shape index (κ3) is 3.29. The first-order chi connectivity index (χ1) is 9.01. The SMILES string of the molecule is COc1cncc(C(C)(O)Cc2cccc(F)c2)c1. The van der Waals surface area contributed by atoms with Crippen molar-refractivity contribution >= 4 is 0 Å². The lowest BCUT2D eigenvalue weighted by atomic mass is 9.90. The zero-order valence-corrected chi connectivity index (χ0v) is 10.9. The van der Waals surface area contributed by atoms with E-state index in [1.807, 2.05) is 0 Å². The maximum atomic E-state index is 13.1. The molecule has 2 aromatic rings. The summed E-state index contributed by atoms with van der Waals surface area (Å²) in [6.07, 6.45) is 3.46. The van der Waals surface area contributed by atoms with Crippen LogP contribution >= 0.6 is 0 Å². The van der Waals surface area contributed by atoms with Crippen molar-refractivity contribution in [3.05, 3.63) is 59.7 Å². The van der Waals surface area contributed by atoms with E-state index in [0.717, 1.165) is 5.56 Å². The molecule has 1 heterocycles. The molecule has 0 radical (unpaired) electrons. The summed E-state index contributed by atoms with van der Waals surface area (Å²) in [7, 11) is 1.54. The molecule has 0 aliphatic carbocycles. The highest BCUT2D eigenvalue weighted by Crippen LogP contribution is 2.27. The molecule has 19 heavy (non-hydrogen) atoms. The van der Waals surface area contributed by atoms with Gasteiger partial charge in [-0.25, -0.2) is 4.39 Å². The van der Waals surface area contributed by atoms with Gasteiger partial charge in [0.25, 0.3) is 0 Å². The normalized spacial score (nSPS) is 13.9. The van der Waals surface area contributed by atoms with Gasteiger partial charge in [-0.1, -0.05) is 12.1 Å². The molecule has 0 saturated heterocycles. The molecule has 1 aromatic carbocycles. The molecule has 0 fully saturated rings. The van der Waals surface area contributed by atoms with Crippen LogP contribution < -0.4 is 4.74 Å². The lowest BCUT2D eigenvalue weighted by molar-refractivity contribution is 0.0569. The summed E-state index contributed by atoms with van der Waals surface area (Å²) in [5.41, 5.74) is 0.235. The van der Waals surface area contributed by atoms with E-state index in [2.05, 4.69) is 4.98 Å². The van der Waals surface area contributed by atoms with Crippen molar-refractivity contribution in [3.63, 3.8) is 0 Å². The average Bonchev–Trinajstić information content (AvgIpc) is 2.38. The Morgan fingerprint density at radius 1 is 1.32 bits per heavy atom. The van der Waals surface area contributed by atoms with Gasteiger partial charge in [0.05, 0.1) is 18.9 Å². The number of nitrogens with zero attached hydrogens (tertiary/aromatic N) is 1. The summed E-state index contributed by atoms with van der Waals surface area (Å²) in [5.74, 6) is 0.272. The van der Waals surface area contributed by atoms with E-state index < -0.39 is 5.60 Å². The van der Waals surface area contributed by atoms with Crippen LogP contribution in [-0.2, 0) is 12.0 Å². The van der Waals surface area contributed by atoms with Crippen LogP contribution in [0.2, 0.25) is 0 Å². The van der Waals surface area contributed by atoms with Crippen molar-refractivity contribution in [3.8, 4) is 5.75 Å². The second-order valence-corrected chi connectivity index (χ2v) is 4.69. The van der Waals surface area contributed by atoms with Crippen LogP contribution in [0.15, 0.2) is 42.7 Å². The first-order valence-electron chi connectivity index (χ1n) is 5.97. The molecule has 1 unspecified atom stereocenters. The maximum absolute atomic E-state index is 13.1. The second-order valence-electron chi connectivity index (χ2n) is 4.69. The van der Waals surface area contributed by atoms with Crippen LogP contribution in [0, 0.1) is 5.82 Å². The zero-order chi connectivity index (χ0) is 13.9. The molecule has 1 aromatic heterocycles. The Labute approximate surface area is 111 Å². The van der Waals surface area contributed by atoms with Gasteiger partial charge < -0.3 is 9.84 Å². The summed E-state index contributed by atoms with van der Waals surface area (Å²) in [5, 5.41) is 10.5. The number of ether oxygens (including phenoxy) is 1. The Morgan fingerprint density at radius 2 is 2.11 bits per heavy atom. The van der Waals surface area contributed by atoms with E-state index in [-0.39, 0.29) is 5.82 Å². The van der Waals surface area contributed by atoms with Crippen LogP contribution in [0.1, 0.15) is 18.1 Å². The number of hydrogen-bond acceptors (Lipinski definition) is 3. The third-order valence-electron chi connectivity index (χ3n) is 3.01. The highest BCUT2D eigenvalue weighted by molar-refractivity contribution is 5.30. The summed E-state index contributed by atoms with van der Waals surface area (Å²) < 4.78 is 18.2. The fourth-order valence-electron chi connectivity index (χ4n) is 1.97. The molecule has 0 saturated carbocycles. The largest absolute Gasteiger partial charge is 0.495 e. The smallest absolute Gasteiger partial charge is 0.137 e. The molecule has 100 valence electrons. The molecule has 0 aliphatic heterocycles.